The number of hydrogen-bond donors (Lipinski definition) is 1. The van der Waals surface area contributed by atoms with Gasteiger partial charge < -0.3 is 5.73 Å². The summed E-state index contributed by atoms with van der Waals surface area (Å²) in [5.74, 6) is -0.401. The van der Waals surface area contributed by atoms with E-state index in [9.17, 15) is 9.18 Å². The van der Waals surface area contributed by atoms with E-state index in [4.69, 9.17) is 5.73 Å². The average Bonchev–Trinajstić information content (AvgIpc) is 3.62. The molecule has 0 spiro atoms. The molecule has 2 aromatic heterocycles. The molecule has 4 aromatic rings. The fourth-order valence-electron chi connectivity index (χ4n) is 3.66. The third kappa shape index (κ3) is 3.74. The molecule has 1 aliphatic rings. The van der Waals surface area contributed by atoms with Gasteiger partial charge in [-0.1, -0.05) is 24.3 Å². The Morgan fingerprint density at radius 1 is 1.03 bits per heavy atom. The molecule has 0 bridgehead atoms. The zero-order valence-electron chi connectivity index (χ0n) is 16.5. The van der Waals surface area contributed by atoms with Gasteiger partial charge in [-0.2, -0.15) is 0 Å². The highest BCUT2D eigenvalue weighted by Gasteiger charge is 2.26. The van der Waals surface area contributed by atoms with Gasteiger partial charge in [-0.05, 0) is 53.3 Å². The maximum Gasteiger partial charge on any atom is 0.267 e. The average molecular weight is 416 g/mol. The van der Waals surface area contributed by atoms with Gasteiger partial charge >= 0.3 is 0 Å². The van der Waals surface area contributed by atoms with Gasteiger partial charge in [0.15, 0.2) is 5.82 Å². The van der Waals surface area contributed by atoms with Crippen molar-refractivity contribution in [2.75, 3.05) is 0 Å². The van der Waals surface area contributed by atoms with E-state index < -0.39 is 11.7 Å². The van der Waals surface area contributed by atoms with Crippen LogP contribution in [-0.2, 0) is 6.42 Å². The number of carbonyl (C=O) groups excluding carboxylic acids is 1. The topological polar surface area (TPSA) is 81.8 Å². The van der Waals surface area contributed by atoms with Crippen LogP contribution in [0.1, 0.15) is 46.2 Å². The highest BCUT2D eigenvalue weighted by molar-refractivity contribution is 6.01. The molecule has 0 unspecified atom stereocenters. The van der Waals surface area contributed by atoms with E-state index in [1.807, 2.05) is 0 Å². The number of amides is 1. The third-order valence-electron chi connectivity index (χ3n) is 5.47. The second-order valence-corrected chi connectivity index (χ2v) is 7.76. The predicted octanol–water partition coefficient (Wildman–Crippen LogP) is 4.54. The minimum Gasteiger partial charge on any atom is -0.364 e. The van der Waals surface area contributed by atoms with E-state index in [0.29, 0.717) is 34.4 Å². The monoisotopic (exact) mass is 416 g/mol. The third-order valence-corrected chi connectivity index (χ3v) is 5.47. The molecule has 0 saturated heterocycles. The van der Waals surface area contributed by atoms with Crippen LogP contribution in [0.2, 0.25) is 0 Å². The number of benzene rings is 2. The highest BCUT2D eigenvalue weighted by atomic mass is 19.1. The smallest absolute Gasteiger partial charge is 0.267 e. The summed E-state index contributed by atoms with van der Waals surface area (Å²) in [6.07, 6.45) is 5.97. The lowest BCUT2D eigenvalue weighted by atomic mass is 9.97. The van der Waals surface area contributed by atoms with Crippen molar-refractivity contribution in [3.8, 4) is 11.1 Å². The molecule has 0 aliphatic heterocycles. The van der Waals surface area contributed by atoms with Crippen molar-refractivity contribution in [3.63, 3.8) is 0 Å². The van der Waals surface area contributed by atoms with Crippen LogP contribution in [0.3, 0.4) is 0 Å². The largest absolute Gasteiger partial charge is 0.364 e. The summed E-state index contributed by atoms with van der Waals surface area (Å²) >= 11 is 0. The number of aromatic nitrogens is 3. The second-order valence-electron chi connectivity index (χ2n) is 7.76. The van der Waals surface area contributed by atoms with E-state index in [1.165, 1.54) is 18.2 Å². The van der Waals surface area contributed by atoms with Crippen molar-refractivity contribution in [3.05, 3.63) is 89.1 Å². The minimum absolute atomic E-state index is 0.0450. The van der Waals surface area contributed by atoms with Gasteiger partial charge in [0, 0.05) is 30.1 Å². The molecule has 0 atom stereocenters. The van der Waals surface area contributed by atoms with Crippen molar-refractivity contribution in [1.29, 1.82) is 0 Å². The van der Waals surface area contributed by atoms with Crippen molar-refractivity contribution in [2.45, 2.75) is 25.2 Å². The van der Waals surface area contributed by atoms with E-state index in [-0.39, 0.29) is 17.0 Å². The number of primary amides is 1. The predicted molar refractivity (Wildman–Crippen MR) is 112 cm³/mol. The number of halogens is 2. The van der Waals surface area contributed by atoms with Crippen LogP contribution in [0.4, 0.5) is 8.78 Å². The number of fused-ring (bicyclic) bond motifs is 1. The fourth-order valence-corrected chi connectivity index (χ4v) is 3.66. The molecule has 5 rings (SSSR count). The van der Waals surface area contributed by atoms with E-state index in [1.54, 1.807) is 36.7 Å². The Morgan fingerprint density at radius 2 is 1.74 bits per heavy atom. The van der Waals surface area contributed by atoms with Gasteiger partial charge in [0.2, 0.25) is 0 Å². The molecule has 1 saturated carbocycles. The van der Waals surface area contributed by atoms with Gasteiger partial charge in [0.05, 0.1) is 0 Å². The zero-order chi connectivity index (χ0) is 21.5. The Balaban J connectivity index is 1.59. The van der Waals surface area contributed by atoms with Crippen LogP contribution >= 0.6 is 0 Å². The van der Waals surface area contributed by atoms with Crippen molar-refractivity contribution >= 4 is 16.8 Å². The summed E-state index contributed by atoms with van der Waals surface area (Å²) in [4.78, 5) is 24.8. The molecule has 154 valence electrons. The van der Waals surface area contributed by atoms with Gasteiger partial charge in [-0.3, -0.25) is 4.79 Å². The number of nitrogens with zero attached hydrogens (tertiary/aromatic N) is 3. The molecule has 2 heterocycles. The van der Waals surface area contributed by atoms with E-state index >= 15 is 4.39 Å². The minimum atomic E-state index is -0.765. The van der Waals surface area contributed by atoms with Crippen LogP contribution in [0, 0.1) is 11.6 Å². The maximum absolute atomic E-state index is 15.5. The number of hydrogen-bond acceptors (Lipinski definition) is 4. The SMILES string of the molecule is NC(=O)c1cc(-c2ccc(F)cc2)c2ccc(Cc3cnc(C4CC4)nc3)c(F)c2n1. The Bertz CT molecular complexity index is 1300. The molecule has 1 aliphatic carbocycles. The van der Waals surface area contributed by atoms with Gasteiger partial charge in [0.25, 0.3) is 5.91 Å². The molecule has 7 heteroatoms. The van der Waals surface area contributed by atoms with Crippen LogP contribution in [0.5, 0.6) is 0 Å². The quantitative estimate of drug-likeness (QED) is 0.518. The van der Waals surface area contributed by atoms with Gasteiger partial charge in [-0.15, -0.1) is 0 Å². The Morgan fingerprint density at radius 3 is 2.39 bits per heavy atom. The lowest BCUT2D eigenvalue weighted by Gasteiger charge is -2.12. The Kier molecular flexibility index (Phi) is 4.66. The summed E-state index contributed by atoms with van der Waals surface area (Å²) < 4.78 is 28.8. The van der Waals surface area contributed by atoms with Crippen LogP contribution < -0.4 is 5.73 Å². The van der Waals surface area contributed by atoms with Crippen LogP contribution in [0.15, 0.2) is 54.9 Å². The first kappa shape index (κ1) is 19.2. The standard InChI is InChI=1S/C24H18F2N4O/c25-17-6-3-14(4-7-17)19-10-20(23(27)31)30-22-18(19)8-5-16(21(22)26)9-13-11-28-24(29-12-13)15-1-2-15/h3-8,10-12,15H,1-2,9H2,(H2,27,31). The first-order chi connectivity index (χ1) is 15.0. The number of rotatable bonds is 5. The molecule has 1 amide bonds. The Hall–Kier alpha value is -3.74. The molecule has 2 N–H and O–H groups in total. The van der Waals surface area contributed by atoms with Crippen molar-refractivity contribution in [1.82, 2.24) is 15.0 Å². The molecule has 0 radical (unpaired) electrons. The van der Waals surface area contributed by atoms with Crippen LogP contribution in [0.25, 0.3) is 22.0 Å². The number of pyridine rings is 1. The van der Waals surface area contributed by atoms with Crippen molar-refractivity contribution < 1.29 is 13.6 Å². The molecular weight excluding hydrogens is 398 g/mol. The summed E-state index contributed by atoms with van der Waals surface area (Å²) in [6, 6.07) is 10.7. The first-order valence-electron chi connectivity index (χ1n) is 9.98. The lowest BCUT2D eigenvalue weighted by Crippen LogP contribution is -2.14. The van der Waals surface area contributed by atoms with E-state index in [2.05, 4.69) is 15.0 Å². The lowest BCUT2D eigenvalue weighted by molar-refractivity contribution is 0.0996. The van der Waals surface area contributed by atoms with Crippen LogP contribution in [-0.4, -0.2) is 20.9 Å². The first-order valence-corrected chi connectivity index (χ1v) is 9.98. The molecule has 31 heavy (non-hydrogen) atoms. The van der Waals surface area contributed by atoms with Gasteiger partial charge in [0.1, 0.15) is 22.9 Å². The molecule has 5 nitrogen and oxygen atoms in total. The maximum atomic E-state index is 15.5. The van der Waals surface area contributed by atoms with E-state index in [0.717, 1.165) is 24.2 Å². The number of nitrogens with two attached hydrogens (primary N) is 1. The normalized spacial score (nSPS) is 13.5. The molecule has 2 aromatic carbocycles. The Labute approximate surface area is 177 Å². The summed E-state index contributed by atoms with van der Waals surface area (Å²) in [7, 11) is 0. The highest BCUT2D eigenvalue weighted by Crippen LogP contribution is 2.37. The second kappa shape index (κ2) is 7.50. The van der Waals surface area contributed by atoms with Gasteiger partial charge in [-0.25, -0.2) is 23.7 Å². The zero-order valence-corrected chi connectivity index (χ0v) is 16.5. The van der Waals surface area contributed by atoms with Crippen molar-refractivity contribution in [2.24, 2.45) is 5.73 Å². The summed E-state index contributed by atoms with van der Waals surface area (Å²) in [6.45, 7) is 0. The molecule has 1 fully saturated rings. The molecular formula is C24H18F2N4O. The fraction of sp³-hybridized carbons (Fsp3) is 0.167. The number of carbonyl (C=O) groups is 1. The summed E-state index contributed by atoms with van der Waals surface area (Å²) in [5.41, 5.74) is 7.81. The summed E-state index contributed by atoms with van der Waals surface area (Å²) in [5, 5.41) is 0.512.